The lowest BCUT2D eigenvalue weighted by molar-refractivity contribution is 0.0963. The van der Waals surface area contributed by atoms with Gasteiger partial charge in [-0.2, -0.15) is 0 Å². The van der Waals surface area contributed by atoms with Gasteiger partial charge in [0.1, 0.15) is 0 Å². The maximum absolute atomic E-state index is 11.4. The molecule has 2 rings (SSSR count). The Morgan fingerprint density at radius 3 is 2.44 bits per heavy atom. The molecule has 1 aromatic heterocycles. The Morgan fingerprint density at radius 1 is 1.17 bits per heavy atom. The van der Waals surface area contributed by atoms with E-state index in [1.165, 1.54) is 0 Å². The molecule has 0 saturated heterocycles. The number of nitrogens with one attached hydrogen (secondary N) is 2. The van der Waals surface area contributed by atoms with Gasteiger partial charge >= 0.3 is 0 Å². The summed E-state index contributed by atoms with van der Waals surface area (Å²) in [6, 6.07) is 9.16. The number of carbonyl (C=O) groups is 1. The van der Waals surface area contributed by atoms with E-state index >= 15 is 0 Å². The number of carbonyl (C=O) groups excluding carboxylic acids is 1. The molecule has 0 aliphatic heterocycles. The average molecular weight is 242 g/mol. The molecule has 2 N–H and O–H groups in total. The van der Waals surface area contributed by atoms with Gasteiger partial charge in [0.25, 0.3) is 5.91 Å². The Balaban J connectivity index is 1.97. The van der Waals surface area contributed by atoms with Crippen LogP contribution in [0.1, 0.15) is 15.9 Å². The number of anilines is 1. The van der Waals surface area contributed by atoms with Crippen molar-refractivity contribution in [3.05, 3.63) is 53.9 Å². The Morgan fingerprint density at radius 2 is 1.83 bits per heavy atom. The normalized spacial score (nSPS) is 9.83. The van der Waals surface area contributed by atoms with E-state index in [2.05, 4.69) is 20.6 Å². The van der Waals surface area contributed by atoms with E-state index in [1.807, 2.05) is 12.1 Å². The molecule has 0 aliphatic carbocycles. The summed E-state index contributed by atoms with van der Waals surface area (Å²) >= 11 is 0. The second-order valence-electron chi connectivity index (χ2n) is 3.70. The van der Waals surface area contributed by atoms with E-state index in [1.54, 1.807) is 37.6 Å². The number of hydrogen-bond acceptors (Lipinski definition) is 4. The summed E-state index contributed by atoms with van der Waals surface area (Å²) in [4.78, 5) is 19.5. The summed E-state index contributed by atoms with van der Waals surface area (Å²) in [7, 11) is 1.62. The van der Waals surface area contributed by atoms with E-state index in [4.69, 9.17) is 0 Å². The first-order valence-corrected chi connectivity index (χ1v) is 5.61. The molecule has 0 fully saturated rings. The zero-order chi connectivity index (χ0) is 12.8. The van der Waals surface area contributed by atoms with Gasteiger partial charge in [-0.3, -0.25) is 4.79 Å². The number of aromatic nitrogens is 2. The van der Waals surface area contributed by atoms with Crippen molar-refractivity contribution < 1.29 is 4.79 Å². The second kappa shape index (κ2) is 5.77. The standard InChI is InChI=1S/C13H14N4O/c1-14-12(18)11-5-3-10(4-6-11)9-17-13-15-7-2-8-16-13/h2-8H,9H2,1H3,(H,14,18)(H,15,16,17). The molecular formula is C13H14N4O. The van der Waals surface area contributed by atoms with Crippen molar-refractivity contribution >= 4 is 11.9 Å². The highest BCUT2D eigenvalue weighted by Gasteiger charge is 2.02. The Bertz CT molecular complexity index is 510. The first-order valence-electron chi connectivity index (χ1n) is 5.61. The van der Waals surface area contributed by atoms with Crippen LogP contribution in [0.5, 0.6) is 0 Å². The van der Waals surface area contributed by atoms with Gasteiger partial charge in [-0.05, 0) is 23.8 Å². The minimum Gasteiger partial charge on any atom is -0.355 e. The van der Waals surface area contributed by atoms with Crippen LogP contribution >= 0.6 is 0 Å². The third kappa shape index (κ3) is 3.04. The molecule has 0 radical (unpaired) electrons. The molecule has 5 heteroatoms. The molecule has 1 amide bonds. The van der Waals surface area contributed by atoms with Crippen LogP contribution in [0.25, 0.3) is 0 Å². The quantitative estimate of drug-likeness (QED) is 0.851. The van der Waals surface area contributed by atoms with Crippen LogP contribution in [0.4, 0.5) is 5.95 Å². The van der Waals surface area contributed by atoms with Crippen LogP contribution in [-0.4, -0.2) is 22.9 Å². The smallest absolute Gasteiger partial charge is 0.251 e. The Kier molecular flexibility index (Phi) is 3.86. The van der Waals surface area contributed by atoms with Crippen LogP contribution < -0.4 is 10.6 Å². The lowest BCUT2D eigenvalue weighted by atomic mass is 10.1. The molecule has 1 heterocycles. The second-order valence-corrected chi connectivity index (χ2v) is 3.70. The predicted octanol–water partition coefficient (Wildman–Crippen LogP) is 1.45. The van der Waals surface area contributed by atoms with Crippen molar-refractivity contribution in [1.82, 2.24) is 15.3 Å². The maximum Gasteiger partial charge on any atom is 0.251 e. The molecule has 1 aromatic carbocycles. The van der Waals surface area contributed by atoms with Crippen LogP contribution in [0, 0.1) is 0 Å². The Labute approximate surface area is 105 Å². The zero-order valence-electron chi connectivity index (χ0n) is 10.1. The predicted molar refractivity (Wildman–Crippen MR) is 69.2 cm³/mol. The highest BCUT2D eigenvalue weighted by Crippen LogP contribution is 2.06. The van der Waals surface area contributed by atoms with Crippen molar-refractivity contribution in [2.24, 2.45) is 0 Å². The zero-order valence-corrected chi connectivity index (χ0v) is 10.1. The van der Waals surface area contributed by atoms with Gasteiger partial charge in [0.2, 0.25) is 5.95 Å². The lowest BCUT2D eigenvalue weighted by Gasteiger charge is -2.05. The van der Waals surface area contributed by atoms with Crippen molar-refractivity contribution in [3.63, 3.8) is 0 Å². The summed E-state index contributed by atoms with van der Waals surface area (Å²) in [6.45, 7) is 0.623. The van der Waals surface area contributed by atoms with Gasteiger partial charge < -0.3 is 10.6 Å². The van der Waals surface area contributed by atoms with Crippen molar-refractivity contribution in [2.45, 2.75) is 6.54 Å². The molecule has 0 spiro atoms. The molecular weight excluding hydrogens is 228 g/mol. The highest BCUT2D eigenvalue weighted by atomic mass is 16.1. The molecule has 0 saturated carbocycles. The van der Waals surface area contributed by atoms with Crippen molar-refractivity contribution in [3.8, 4) is 0 Å². The third-order valence-corrected chi connectivity index (χ3v) is 2.46. The number of hydrogen-bond donors (Lipinski definition) is 2. The molecule has 5 nitrogen and oxygen atoms in total. The SMILES string of the molecule is CNC(=O)c1ccc(CNc2ncccn2)cc1. The summed E-state index contributed by atoms with van der Waals surface area (Å²) in [5, 5.41) is 5.68. The third-order valence-electron chi connectivity index (χ3n) is 2.46. The molecule has 0 bridgehead atoms. The van der Waals surface area contributed by atoms with E-state index < -0.39 is 0 Å². The van der Waals surface area contributed by atoms with Gasteiger partial charge in [-0.15, -0.1) is 0 Å². The van der Waals surface area contributed by atoms with Gasteiger partial charge in [0, 0.05) is 31.5 Å². The molecule has 18 heavy (non-hydrogen) atoms. The topological polar surface area (TPSA) is 66.9 Å². The number of rotatable bonds is 4. The minimum atomic E-state index is -0.0825. The lowest BCUT2D eigenvalue weighted by Crippen LogP contribution is -2.17. The van der Waals surface area contributed by atoms with Crippen LogP contribution in [0.3, 0.4) is 0 Å². The molecule has 92 valence electrons. The van der Waals surface area contributed by atoms with E-state index in [-0.39, 0.29) is 5.91 Å². The fourth-order valence-electron chi connectivity index (χ4n) is 1.49. The van der Waals surface area contributed by atoms with Crippen LogP contribution in [-0.2, 0) is 6.54 Å². The molecule has 0 unspecified atom stereocenters. The van der Waals surface area contributed by atoms with E-state index in [9.17, 15) is 4.79 Å². The van der Waals surface area contributed by atoms with E-state index in [0.717, 1.165) is 5.56 Å². The van der Waals surface area contributed by atoms with E-state index in [0.29, 0.717) is 18.1 Å². The molecule has 2 aromatic rings. The van der Waals surface area contributed by atoms with Gasteiger partial charge in [-0.1, -0.05) is 12.1 Å². The molecule has 0 atom stereocenters. The maximum atomic E-state index is 11.4. The summed E-state index contributed by atoms with van der Waals surface area (Å²) in [5.74, 6) is 0.508. The summed E-state index contributed by atoms with van der Waals surface area (Å²) in [6.07, 6.45) is 3.37. The van der Waals surface area contributed by atoms with Gasteiger partial charge in [-0.25, -0.2) is 9.97 Å². The van der Waals surface area contributed by atoms with Crippen LogP contribution in [0.2, 0.25) is 0 Å². The summed E-state index contributed by atoms with van der Waals surface area (Å²) in [5.41, 5.74) is 1.72. The fraction of sp³-hybridized carbons (Fsp3) is 0.154. The largest absolute Gasteiger partial charge is 0.355 e. The molecule has 0 aliphatic rings. The summed E-state index contributed by atoms with van der Waals surface area (Å²) < 4.78 is 0. The first kappa shape index (κ1) is 12.0. The van der Waals surface area contributed by atoms with Gasteiger partial charge in [0.05, 0.1) is 0 Å². The minimum absolute atomic E-state index is 0.0825. The first-order chi connectivity index (χ1) is 8.79. The van der Waals surface area contributed by atoms with Crippen molar-refractivity contribution in [2.75, 3.05) is 12.4 Å². The van der Waals surface area contributed by atoms with Crippen molar-refractivity contribution in [1.29, 1.82) is 0 Å². The Hall–Kier alpha value is -2.43. The number of benzene rings is 1. The van der Waals surface area contributed by atoms with Crippen LogP contribution in [0.15, 0.2) is 42.7 Å². The average Bonchev–Trinajstić information content (AvgIpc) is 2.46. The fourth-order valence-corrected chi connectivity index (χ4v) is 1.49. The van der Waals surface area contributed by atoms with Gasteiger partial charge in [0.15, 0.2) is 0 Å². The monoisotopic (exact) mass is 242 g/mol. The number of nitrogens with zero attached hydrogens (tertiary/aromatic N) is 2. The highest BCUT2D eigenvalue weighted by molar-refractivity contribution is 5.93. The number of amides is 1.